The maximum absolute atomic E-state index is 9.29. The molecule has 1 aliphatic rings. The Bertz CT molecular complexity index is 273. The SMILES string of the molecule is CCC(C)(CNCC(C)C)CN1CC(CO)OCC1C. The predicted molar refractivity (Wildman–Crippen MR) is 84.0 cm³/mol. The van der Waals surface area contributed by atoms with Gasteiger partial charge in [-0.15, -0.1) is 0 Å². The van der Waals surface area contributed by atoms with Crippen molar-refractivity contribution < 1.29 is 9.84 Å². The van der Waals surface area contributed by atoms with Gasteiger partial charge in [0.15, 0.2) is 0 Å². The molecule has 1 aliphatic heterocycles. The summed E-state index contributed by atoms with van der Waals surface area (Å²) in [7, 11) is 0. The minimum absolute atomic E-state index is 0.0177. The summed E-state index contributed by atoms with van der Waals surface area (Å²) in [5.74, 6) is 0.692. The molecule has 3 unspecified atom stereocenters. The molecule has 0 bridgehead atoms. The van der Waals surface area contributed by atoms with Gasteiger partial charge in [0.05, 0.1) is 19.3 Å². The molecule has 1 heterocycles. The summed E-state index contributed by atoms with van der Waals surface area (Å²) in [6.45, 7) is 16.2. The monoisotopic (exact) mass is 286 g/mol. The second kappa shape index (κ2) is 8.32. The molecule has 1 fully saturated rings. The van der Waals surface area contributed by atoms with Gasteiger partial charge >= 0.3 is 0 Å². The van der Waals surface area contributed by atoms with Crippen LogP contribution in [0.15, 0.2) is 0 Å². The van der Waals surface area contributed by atoms with Crippen molar-refractivity contribution in [2.45, 2.75) is 53.2 Å². The van der Waals surface area contributed by atoms with E-state index >= 15 is 0 Å². The Morgan fingerprint density at radius 2 is 2.15 bits per heavy atom. The van der Waals surface area contributed by atoms with Crippen LogP contribution in [0.25, 0.3) is 0 Å². The molecule has 2 N–H and O–H groups in total. The third kappa shape index (κ3) is 5.68. The number of rotatable bonds is 8. The molecule has 0 amide bonds. The Balaban J connectivity index is 2.51. The van der Waals surface area contributed by atoms with Gasteiger partial charge in [0.25, 0.3) is 0 Å². The van der Waals surface area contributed by atoms with E-state index in [1.807, 2.05) is 0 Å². The molecule has 0 radical (unpaired) electrons. The number of nitrogens with one attached hydrogen (secondary N) is 1. The van der Waals surface area contributed by atoms with E-state index in [2.05, 4.69) is 44.8 Å². The number of hydrogen-bond acceptors (Lipinski definition) is 4. The summed E-state index contributed by atoms with van der Waals surface area (Å²) < 4.78 is 5.62. The summed E-state index contributed by atoms with van der Waals surface area (Å²) in [4.78, 5) is 2.48. The molecule has 4 heteroatoms. The van der Waals surface area contributed by atoms with Crippen molar-refractivity contribution in [2.75, 3.05) is 39.4 Å². The third-order valence-corrected chi connectivity index (χ3v) is 4.38. The molecule has 1 saturated heterocycles. The first-order chi connectivity index (χ1) is 9.40. The number of nitrogens with zero attached hydrogens (tertiary/aromatic N) is 1. The Morgan fingerprint density at radius 3 is 2.70 bits per heavy atom. The van der Waals surface area contributed by atoms with Gasteiger partial charge in [-0.1, -0.05) is 27.7 Å². The van der Waals surface area contributed by atoms with Crippen LogP contribution in [-0.2, 0) is 4.74 Å². The van der Waals surface area contributed by atoms with Crippen molar-refractivity contribution in [1.82, 2.24) is 10.2 Å². The highest BCUT2D eigenvalue weighted by molar-refractivity contribution is 4.85. The minimum Gasteiger partial charge on any atom is -0.394 e. The molecule has 0 spiro atoms. The van der Waals surface area contributed by atoms with Crippen molar-refractivity contribution in [2.24, 2.45) is 11.3 Å². The van der Waals surface area contributed by atoms with E-state index in [0.717, 1.165) is 39.2 Å². The van der Waals surface area contributed by atoms with E-state index in [4.69, 9.17) is 4.74 Å². The number of aliphatic hydroxyl groups is 1. The first kappa shape index (κ1) is 17.9. The normalized spacial score (nSPS) is 27.8. The van der Waals surface area contributed by atoms with Crippen molar-refractivity contribution in [3.63, 3.8) is 0 Å². The van der Waals surface area contributed by atoms with E-state index in [1.165, 1.54) is 0 Å². The van der Waals surface area contributed by atoms with Crippen LogP contribution in [0.5, 0.6) is 0 Å². The topological polar surface area (TPSA) is 44.7 Å². The second-order valence-electron chi connectivity index (χ2n) is 7.11. The highest BCUT2D eigenvalue weighted by atomic mass is 16.5. The summed E-state index contributed by atoms with van der Waals surface area (Å²) in [5.41, 5.74) is 0.278. The lowest BCUT2D eigenvalue weighted by atomic mass is 9.86. The maximum atomic E-state index is 9.29. The molecule has 120 valence electrons. The molecule has 0 aromatic heterocycles. The zero-order valence-corrected chi connectivity index (χ0v) is 14.0. The van der Waals surface area contributed by atoms with Crippen LogP contribution in [-0.4, -0.2) is 61.5 Å². The van der Waals surface area contributed by atoms with Crippen LogP contribution in [0.2, 0.25) is 0 Å². The van der Waals surface area contributed by atoms with Crippen LogP contribution < -0.4 is 5.32 Å². The van der Waals surface area contributed by atoms with Gasteiger partial charge < -0.3 is 15.2 Å². The smallest absolute Gasteiger partial charge is 0.0933 e. The molecule has 20 heavy (non-hydrogen) atoms. The van der Waals surface area contributed by atoms with Crippen LogP contribution in [0.1, 0.15) is 41.0 Å². The number of aliphatic hydroxyl groups excluding tert-OH is 1. The zero-order chi connectivity index (χ0) is 15.2. The molecular weight excluding hydrogens is 252 g/mol. The lowest BCUT2D eigenvalue weighted by Gasteiger charge is -2.42. The first-order valence-electron chi connectivity index (χ1n) is 8.07. The summed E-state index contributed by atoms with van der Waals surface area (Å²) in [5, 5.41) is 12.9. The van der Waals surface area contributed by atoms with Gasteiger partial charge in [-0.05, 0) is 31.2 Å². The Kier molecular flexibility index (Phi) is 7.45. The summed E-state index contributed by atoms with van der Waals surface area (Å²) in [6, 6.07) is 0.439. The van der Waals surface area contributed by atoms with E-state index in [-0.39, 0.29) is 18.1 Å². The maximum Gasteiger partial charge on any atom is 0.0933 e. The quantitative estimate of drug-likeness (QED) is 0.713. The van der Waals surface area contributed by atoms with Crippen molar-refractivity contribution in [1.29, 1.82) is 0 Å². The molecule has 3 atom stereocenters. The van der Waals surface area contributed by atoms with Gasteiger partial charge in [0.2, 0.25) is 0 Å². The van der Waals surface area contributed by atoms with Gasteiger partial charge in [-0.2, -0.15) is 0 Å². The molecule has 0 aromatic rings. The Hall–Kier alpha value is -0.160. The van der Waals surface area contributed by atoms with E-state index in [1.54, 1.807) is 0 Å². The molecule has 1 rings (SSSR count). The molecule has 0 aliphatic carbocycles. The number of ether oxygens (including phenoxy) is 1. The van der Waals surface area contributed by atoms with E-state index < -0.39 is 0 Å². The van der Waals surface area contributed by atoms with Crippen LogP contribution in [0.3, 0.4) is 0 Å². The highest BCUT2D eigenvalue weighted by Crippen LogP contribution is 2.25. The largest absolute Gasteiger partial charge is 0.394 e. The fraction of sp³-hybridized carbons (Fsp3) is 1.00. The minimum atomic E-state index is -0.0177. The molecular formula is C16H34N2O2. The van der Waals surface area contributed by atoms with Crippen molar-refractivity contribution in [3.8, 4) is 0 Å². The van der Waals surface area contributed by atoms with Crippen LogP contribution in [0.4, 0.5) is 0 Å². The Morgan fingerprint density at radius 1 is 1.45 bits per heavy atom. The summed E-state index contributed by atoms with van der Waals surface area (Å²) >= 11 is 0. The average Bonchev–Trinajstić information content (AvgIpc) is 2.41. The van der Waals surface area contributed by atoms with Gasteiger partial charge in [0, 0.05) is 25.7 Å². The van der Waals surface area contributed by atoms with Gasteiger partial charge in [0.1, 0.15) is 0 Å². The average molecular weight is 286 g/mol. The number of morpholine rings is 1. The lowest BCUT2D eigenvalue weighted by Crippen LogP contribution is -2.54. The van der Waals surface area contributed by atoms with Crippen LogP contribution >= 0.6 is 0 Å². The zero-order valence-electron chi connectivity index (χ0n) is 14.0. The predicted octanol–water partition coefficient (Wildman–Crippen LogP) is 1.73. The number of hydrogen-bond donors (Lipinski definition) is 2. The van der Waals surface area contributed by atoms with E-state index in [9.17, 15) is 5.11 Å². The van der Waals surface area contributed by atoms with E-state index in [0.29, 0.717) is 12.0 Å². The van der Waals surface area contributed by atoms with Crippen molar-refractivity contribution in [3.05, 3.63) is 0 Å². The first-order valence-corrected chi connectivity index (χ1v) is 8.07. The lowest BCUT2D eigenvalue weighted by molar-refractivity contribution is -0.0871. The van der Waals surface area contributed by atoms with Gasteiger partial charge in [-0.25, -0.2) is 0 Å². The van der Waals surface area contributed by atoms with Crippen molar-refractivity contribution >= 4 is 0 Å². The molecule has 4 nitrogen and oxygen atoms in total. The summed E-state index contributed by atoms with van der Waals surface area (Å²) in [6.07, 6.45) is 1.14. The molecule has 0 aromatic carbocycles. The fourth-order valence-corrected chi connectivity index (χ4v) is 2.65. The second-order valence-corrected chi connectivity index (χ2v) is 7.11. The Labute approximate surface area is 124 Å². The fourth-order valence-electron chi connectivity index (χ4n) is 2.65. The standard InChI is InChI=1S/C16H34N2O2/c1-6-16(5,11-17-7-13(2)3)12-18-8-15(9-19)20-10-14(18)4/h13-15,17,19H,6-12H2,1-5H3. The molecule has 0 saturated carbocycles. The van der Waals surface area contributed by atoms with Gasteiger partial charge in [-0.3, -0.25) is 4.90 Å². The highest BCUT2D eigenvalue weighted by Gasteiger charge is 2.31. The van der Waals surface area contributed by atoms with Crippen LogP contribution in [0, 0.1) is 11.3 Å². The third-order valence-electron chi connectivity index (χ3n) is 4.38.